The van der Waals surface area contributed by atoms with Crippen molar-refractivity contribution in [1.29, 1.82) is 0 Å². The first-order chi connectivity index (χ1) is 18.6. The number of allylic oxidation sites excluding steroid dienone is 2. The van der Waals surface area contributed by atoms with Crippen LogP contribution in [0.1, 0.15) is 25.0 Å². The molecule has 38 heavy (non-hydrogen) atoms. The molecule has 4 nitrogen and oxygen atoms in total. The van der Waals surface area contributed by atoms with Gasteiger partial charge in [-0.3, -0.25) is 0 Å². The van der Waals surface area contributed by atoms with Crippen molar-refractivity contribution in [2.24, 2.45) is 0 Å². The quantitative estimate of drug-likeness (QED) is 0.241. The van der Waals surface area contributed by atoms with Gasteiger partial charge in [0.05, 0.1) is 10.8 Å². The lowest BCUT2D eigenvalue weighted by Gasteiger charge is -2.09. The fourth-order valence-electron chi connectivity index (χ4n) is 5.08. The minimum atomic E-state index is -0.609. The monoisotopic (exact) mass is 496 g/mol. The Kier molecular flexibility index (Phi) is 5.85. The molecule has 0 aliphatic rings. The molecule has 6 aromatic rings. The SMILES string of the molecule is C/C=C/c1ccc2c(ccc3oc(=O)c4ccccc4c(=O)oc4ccc5cc(/C=C/C)ccc5c4c32)c1. The molecule has 0 aliphatic heterocycles. The van der Waals surface area contributed by atoms with E-state index in [1.807, 2.05) is 86.7 Å². The van der Waals surface area contributed by atoms with Crippen LogP contribution in [-0.4, -0.2) is 0 Å². The highest BCUT2D eigenvalue weighted by Crippen LogP contribution is 2.35. The molecular weight excluding hydrogens is 472 g/mol. The highest BCUT2D eigenvalue weighted by molar-refractivity contribution is 6.24. The topological polar surface area (TPSA) is 60.4 Å². The zero-order chi connectivity index (χ0) is 26.2. The molecule has 1 heterocycles. The number of hydrogen-bond donors (Lipinski definition) is 0. The van der Waals surface area contributed by atoms with Crippen LogP contribution in [0.2, 0.25) is 0 Å². The molecule has 0 aliphatic carbocycles. The lowest BCUT2D eigenvalue weighted by atomic mass is 9.96. The maximum Gasteiger partial charge on any atom is 0.344 e. The van der Waals surface area contributed by atoms with Gasteiger partial charge in [0.25, 0.3) is 0 Å². The van der Waals surface area contributed by atoms with E-state index in [2.05, 4.69) is 12.1 Å². The van der Waals surface area contributed by atoms with E-state index in [-0.39, 0.29) is 10.8 Å². The smallest absolute Gasteiger partial charge is 0.344 e. The number of hydrogen-bond acceptors (Lipinski definition) is 4. The molecule has 0 atom stereocenters. The summed E-state index contributed by atoms with van der Waals surface area (Å²) in [4.78, 5) is 26.7. The molecule has 0 saturated carbocycles. The van der Waals surface area contributed by atoms with Crippen LogP contribution in [0.3, 0.4) is 0 Å². The number of fused-ring (bicyclic) bond motifs is 8. The maximum atomic E-state index is 13.4. The minimum absolute atomic E-state index is 0.159. The van der Waals surface area contributed by atoms with E-state index in [4.69, 9.17) is 8.83 Å². The van der Waals surface area contributed by atoms with E-state index < -0.39 is 11.3 Å². The molecule has 0 amide bonds. The van der Waals surface area contributed by atoms with Crippen molar-refractivity contribution in [3.8, 4) is 0 Å². The molecule has 5 aromatic carbocycles. The molecule has 0 radical (unpaired) electrons. The van der Waals surface area contributed by atoms with Crippen LogP contribution in [-0.2, 0) is 0 Å². The first kappa shape index (κ1) is 23.4. The van der Waals surface area contributed by atoms with E-state index in [0.29, 0.717) is 21.9 Å². The molecule has 6 rings (SSSR count). The van der Waals surface area contributed by atoms with Gasteiger partial charge in [0, 0.05) is 10.8 Å². The lowest BCUT2D eigenvalue weighted by molar-refractivity contribution is 0.564. The second kappa shape index (κ2) is 9.49. The van der Waals surface area contributed by atoms with Crippen LogP contribution >= 0.6 is 0 Å². The largest absolute Gasteiger partial charge is 0.422 e. The Bertz CT molecular complexity index is 1990. The van der Waals surface area contributed by atoms with Gasteiger partial charge in [-0.25, -0.2) is 9.59 Å². The maximum absolute atomic E-state index is 13.4. The molecular formula is C34H24O4. The molecule has 0 unspecified atom stereocenters. The number of benzene rings is 5. The Morgan fingerprint density at radius 3 is 1.39 bits per heavy atom. The van der Waals surface area contributed by atoms with E-state index in [0.717, 1.165) is 32.7 Å². The Balaban J connectivity index is 1.96. The first-order valence-corrected chi connectivity index (χ1v) is 12.5. The fourth-order valence-corrected chi connectivity index (χ4v) is 5.08. The summed E-state index contributed by atoms with van der Waals surface area (Å²) in [6.45, 7) is 3.96. The van der Waals surface area contributed by atoms with Gasteiger partial charge in [-0.2, -0.15) is 0 Å². The minimum Gasteiger partial charge on any atom is -0.422 e. The van der Waals surface area contributed by atoms with Crippen molar-refractivity contribution in [3.63, 3.8) is 0 Å². The van der Waals surface area contributed by atoms with E-state index >= 15 is 0 Å². The molecule has 0 saturated heterocycles. The van der Waals surface area contributed by atoms with Crippen LogP contribution in [0.4, 0.5) is 0 Å². The molecule has 184 valence electrons. The Morgan fingerprint density at radius 1 is 0.526 bits per heavy atom. The summed E-state index contributed by atoms with van der Waals surface area (Å²) in [6, 6.07) is 26.4. The molecule has 4 heteroatoms. The van der Waals surface area contributed by atoms with Crippen LogP contribution in [0.25, 0.3) is 66.4 Å². The highest BCUT2D eigenvalue weighted by Gasteiger charge is 2.12. The average molecular weight is 497 g/mol. The summed E-state index contributed by atoms with van der Waals surface area (Å²) in [5.41, 5.74) is 1.71. The van der Waals surface area contributed by atoms with Crippen LogP contribution < -0.4 is 11.3 Å². The normalized spacial score (nSPS) is 11.9. The second-order valence-corrected chi connectivity index (χ2v) is 9.16. The van der Waals surface area contributed by atoms with E-state index in [1.54, 1.807) is 24.3 Å². The predicted octanol–water partition coefficient (Wildman–Crippen LogP) is 8.55. The van der Waals surface area contributed by atoms with Gasteiger partial charge < -0.3 is 8.83 Å². The third kappa shape index (κ3) is 3.97. The molecule has 0 fully saturated rings. The van der Waals surface area contributed by atoms with Crippen molar-refractivity contribution >= 4 is 66.4 Å². The third-order valence-electron chi connectivity index (χ3n) is 6.75. The fraction of sp³-hybridized carbons (Fsp3) is 0.0588. The standard InChI is InChI=1S/C34H24O4/c1-3-7-21-11-15-25-23(19-21)13-17-29-31(25)32-26-16-12-22(8-4-2)20-24(26)14-18-30(32)38-34(36)28-10-6-5-9-27(28)33(35)37-29/h3-20H,1-2H3/b7-3+,8-4+. The summed E-state index contributed by atoms with van der Waals surface area (Å²) < 4.78 is 12.1. The Morgan fingerprint density at radius 2 is 0.974 bits per heavy atom. The highest BCUT2D eigenvalue weighted by atomic mass is 16.4. The first-order valence-electron chi connectivity index (χ1n) is 12.5. The van der Waals surface area contributed by atoms with Gasteiger partial charge in [-0.05, 0) is 82.9 Å². The molecule has 1 aromatic heterocycles. The van der Waals surface area contributed by atoms with Gasteiger partial charge >= 0.3 is 11.3 Å². The number of rotatable bonds is 2. The Labute approximate surface area is 218 Å². The summed E-state index contributed by atoms with van der Waals surface area (Å²) >= 11 is 0. The summed E-state index contributed by atoms with van der Waals surface area (Å²) in [5.74, 6) is 0. The summed E-state index contributed by atoms with van der Waals surface area (Å²) in [6.07, 6.45) is 8.06. The predicted molar refractivity (Wildman–Crippen MR) is 158 cm³/mol. The van der Waals surface area contributed by atoms with Crippen LogP contribution in [0.5, 0.6) is 0 Å². The summed E-state index contributed by atoms with van der Waals surface area (Å²) in [7, 11) is 0. The van der Waals surface area contributed by atoms with Crippen molar-refractivity contribution in [3.05, 3.63) is 129 Å². The van der Waals surface area contributed by atoms with Crippen molar-refractivity contribution in [2.45, 2.75) is 13.8 Å². The average Bonchev–Trinajstić information content (AvgIpc) is 2.93. The van der Waals surface area contributed by atoms with Gasteiger partial charge in [0.1, 0.15) is 11.2 Å². The zero-order valence-corrected chi connectivity index (χ0v) is 21.0. The van der Waals surface area contributed by atoms with Crippen LogP contribution in [0.15, 0.2) is 116 Å². The molecule has 0 spiro atoms. The summed E-state index contributed by atoms with van der Waals surface area (Å²) in [5, 5.41) is 5.46. The van der Waals surface area contributed by atoms with Crippen molar-refractivity contribution in [1.82, 2.24) is 0 Å². The van der Waals surface area contributed by atoms with Gasteiger partial charge in [0.2, 0.25) is 0 Å². The van der Waals surface area contributed by atoms with Crippen molar-refractivity contribution < 1.29 is 8.83 Å². The molecule has 0 N–H and O–H groups in total. The zero-order valence-electron chi connectivity index (χ0n) is 21.0. The van der Waals surface area contributed by atoms with Gasteiger partial charge in [-0.1, -0.05) is 72.8 Å². The van der Waals surface area contributed by atoms with Crippen molar-refractivity contribution in [2.75, 3.05) is 0 Å². The second-order valence-electron chi connectivity index (χ2n) is 9.16. The van der Waals surface area contributed by atoms with Crippen LogP contribution in [0, 0.1) is 0 Å². The lowest BCUT2D eigenvalue weighted by Crippen LogP contribution is -2.03. The third-order valence-corrected chi connectivity index (χ3v) is 6.75. The van der Waals surface area contributed by atoms with E-state index in [9.17, 15) is 9.59 Å². The van der Waals surface area contributed by atoms with Gasteiger partial charge in [0.15, 0.2) is 0 Å². The molecule has 0 bridgehead atoms. The Hall–Kier alpha value is -4.96. The van der Waals surface area contributed by atoms with Gasteiger partial charge in [-0.15, -0.1) is 0 Å². The van der Waals surface area contributed by atoms with E-state index in [1.165, 1.54) is 0 Å².